The van der Waals surface area contributed by atoms with Crippen LogP contribution in [0.3, 0.4) is 0 Å². The van der Waals surface area contributed by atoms with Crippen molar-refractivity contribution in [2.45, 2.75) is 25.4 Å². The Morgan fingerprint density at radius 3 is 2.86 bits per heavy atom. The maximum atomic E-state index is 12.9. The Labute approximate surface area is 163 Å². The molecule has 2 aliphatic rings. The van der Waals surface area contributed by atoms with E-state index < -0.39 is 0 Å². The molecule has 0 aromatic carbocycles. The van der Waals surface area contributed by atoms with Gasteiger partial charge < -0.3 is 18.9 Å². The molecule has 0 N–H and O–H groups in total. The minimum absolute atomic E-state index is 0.00957. The third kappa shape index (κ3) is 3.17. The van der Waals surface area contributed by atoms with Crippen LogP contribution in [0.4, 0.5) is 5.82 Å². The van der Waals surface area contributed by atoms with E-state index in [1.54, 1.807) is 6.20 Å². The number of hydrogen-bond donors (Lipinski definition) is 0. The molecule has 7 nitrogen and oxygen atoms in total. The van der Waals surface area contributed by atoms with Gasteiger partial charge in [-0.2, -0.15) is 0 Å². The van der Waals surface area contributed by atoms with Gasteiger partial charge in [-0.05, 0) is 37.1 Å². The number of pyridine rings is 2. The van der Waals surface area contributed by atoms with Crippen molar-refractivity contribution in [3.8, 4) is 5.75 Å². The summed E-state index contributed by atoms with van der Waals surface area (Å²) < 4.78 is 8.18. The van der Waals surface area contributed by atoms with E-state index in [2.05, 4.69) is 14.9 Å². The lowest BCUT2D eigenvalue weighted by Crippen LogP contribution is -2.31. The number of ether oxygens (including phenoxy) is 1. The van der Waals surface area contributed by atoms with Crippen LogP contribution in [0, 0.1) is 0 Å². The molecule has 5 rings (SSSR count). The van der Waals surface area contributed by atoms with Crippen LogP contribution in [0.1, 0.15) is 29.6 Å². The van der Waals surface area contributed by atoms with Crippen LogP contribution in [0.5, 0.6) is 5.75 Å². The summed E-state index contributed by atoms with van der Waals surface area (Å²) >= 11 is 0. The zero-order chi connectivity index (χ0) is 18.9. The molecule has 1 amide bonds. The fraction of sp³-hybridized carbons (Fsp3) is 0.381. The number of imidazole rings is 1. The molecule has 3 aromatic heterocycles. The number of aromatic nitrogens is 3. The third-order valence-corrected chi connectivity index (χ3v) is 5.53. The molecule has 1 atom stereocenters. The highest BCUT2D eigenvalue weighted by molar-refractivity contribution is 5.95. The number of likely N-dealkylation sites (tertiary alicyclic amines) is 1. The molecule has 0 saturated carbocycles. The first-order valence-corrected chi connectivity index (χ1v) is 9.86. The monoisotopic (exact) mass is 377 g/mol. The summed E-state index contributed by atoms with van der Waals surface area (Å²) in [5.41, 5.74) is 1.45. The van der Waals surface area contributed by atoms with Crippen molar-refractivity contribution in [2.75, 3.05) is 31.1 Å². The van der Waals surface area contributed by atoms with Gasteiger partial charge in [0, 0.05) is 56.4 Å². The Balaban J connectivity index is 1.28. The van der Waals surface area contributed by atoms with Gasteiger partial charge in [0.1, 0.15) is 11.8 Å². The van der Waals surface area contributed by atoms with Gasteiger partial charge >= 0.3 is 0 Å². The van der Waals surface area contributed by atoms with E-state index in [1.165, 1.54) is 12.8 Å². The summed E-state index contributed by atoms with van der Waals surface area (Å²) in [5.74, 6) is 1.78. The molecular formula is C21H23N5O2. The van der Waals surface area contributed by atoms with Crippen LogP contribution < -0.4 is 9.64 Å². The quantitative estimate of drug-likeness (QED) is 0.699. The minimum Gasteiger partial charge on any atom is -0.485 e. The van der Waals surface area contributed by atoms with Crippen molar-refractivity contribution >= 4 is 17.4 Å². The lowest BCUT2D eigenvalue weighted by molar-refractivity contribution is 0.0772. The molecular weight excluding hydrogens is 354 g/mol. The molecule has 0 bridgehead atoms. The Morgan fingerprint density at radius 2 is 1.96 bits per heavy atom. The molecule has 7 heteroatoms. The van der Waals surface area contributed by atoms with Crippen molar-refractivity contribution in [1.82, 2.24) is 19.3 Å². The fourth-order valence-corrected chi connectivity index (χ4v) is 4.05. The van der Waals surface area contributed by atoms with E-state index in [-0.39, 0.29) is 12.0 Å². The molecule has 3 aromatic rings. The summed E-state index contributed by atoms with van der Waals surface area (Å²) in [6.45, 7) is 3.34. The highest BCUT2D eigenvalue weighted by atomic mass is 16.5. The second-order valence-corrected chi connectivity index (χ2v) is 7.41. The second-order valence-electron chi connectivity index (χ2n) is 7.41. The number of amides is 1. The lowest BCUT2D eigenvalue weighted by Gasteiger charge is -2.22. The number of fused-ring (bicyclic) bond motifs is 1. The smallest absolute Gasteiger partial charge is 0.254 e. The summed E-state index contributed by atoms with van der Waals surface area (Å²) in [5, 5.41) is 0. The maximum Gasteiger partial charge on any atom is 0.254 e. The molecule has 0 aliphatic carbocycles. The van der Waals surface area contributed by atoms with Gasteiger partial charge in [-0.25, -0.2) is 9.97 Å². The Kier molecular flexibility index (Phi) is 4.35. The van der Waals surface area contributed by atoms with Gasteiger partial charge in [0.25, 0.3) is 5.91 Å². The van der Waals surface area contributed by atoms with Crippen LogP contribution in [0.15, 0.2) is 49.1 Å². The maximum absolute atomic E-state index is 12.9. The molecule has 2 aliphatic heterocycles. The predicted octanol–water partition coefficient (Wildman–Crippen LogP) is 2.62. The van der Waals surface area contributed by atoms with E-state index in [9.17, 15) is 4.79 Å². The Morgan fingerprint density at radius 1 is 1.07 bits per heavy atom. The molecule has 0 radical (unpaired) electrons. The third-order valence-electron chi connectivity index (χ3n) is 5.53. The van der Waals surface area contributed by atoms with Crippen LogP contribution in [0.2, 0.25) is 0 Å². The van der Waals surface area contributed by atoms with E-state index >= 15 is 0 Å². The van der Waals surface area contributed by atoms with Gasteiger partial charge in [0.2, 0.25) is 0 Å². The van der Waals surface area contributed by atoms with Gasteiger partial charge in [-0.15, -0.1) is 0 Å². The van der Waals surface area contributed by atoms with Gasteiger partial charge in [0.15, 0.2) is 11.6 Å². The fourth-order valence-electron chi connectivity index (χ4n) is 4.05. The Bertz CT molecular complexity index is 995. The summed E-state index contributed by atoms with van der Waals surface area (Å²) in [4.78, 5) is 25.9. The van der Waals surface area contributed by atoms with Gasteiger partial charge in [0.05, 0.1) is 6.54 Å². The van der Waals surface area contributed by atoms with Gasteiger partial charge in [-0.1, -0.05) is 0 Å². The van der Waals surface area contributed by atoms with E-state index in [0.29, 0.717) is 18.7 Å². The van der Waals surface area contributed by atoms with E-state index in [0.717, 1.165) is 36.7 Å². The zero-order valence-electron chi connectivity index (χ0n) is 15.7. The summed E-state index contributed by atoms with van der Waals surface area (Å²) in [6, 6.07) is 7.57. The topological polar surface area (TPSA) is 63.0 Å². The molecule has 2 fully saturated rings. The van der Waals surface area contributed by atoms with Crippen molar-refractivity contribution in [3.05, 3.63) is 54.6 Å². The molecule has 0 unspecified atom stereocenters. The number of carbonyl (C=O) groups is 1. The van der Waals surface area contributed by atoms with Crippen molar-refractivity contribution in [3.63, 3.8) is 0 Å². The van der Waals surface area contributed by atoms with Crippen LogP contribution >= 0.6 is 0 Å². The first-order chi connectivity index (χ1) is 13.8. The highest BCUT2D eigenvalue weighted by Gasteiger charge is 2.29. The molecule has 0 spiro atoms. The zero-order valence-corrected chi connectivity index (χ0v) is 15.7. The first-order valence-electron chi connectivity index (χ1n) is 9.86. The number of nitrogens with zero attached hydrogens (tertiary/aromatic N) is 5. The lowest BCUT2D eigenvalue weighted by atomic mass is 10.2. The SMILES string of the molecule is O=C(c1ccn2ccnc2c1)N1CC[C@H](Oc2cccnc2N2CCCC2)C1. The molecule has 5 heterocycles. The molecule has 144 valence electrons. The summed E-state index contributed by atoms with van der Waals surface area (Å²) in [6.07, 6.45) is 10.5. The first kappa shape index (κ1) is 17.0. The normalized spacial score (nSPS) is 19.5. The van der Waals surface area contributed by atoms with Crippen LogP contribution in [0.25, 0.3) is 5.65 Å². The number of anilines is 1. The molecule has 28 heavy (non-hydrogen) atoms. The highest BCUT2D eigenvalue weighted by Crippen LogP contribution is 2.30. The van der Waals surface area contributed by atoms with Crippen LogP contribution in [-0.2, 0) is 0 Å². The van der Waals surface area contributed by atoms with Crippen molar-refractivity contribution in [1.29, 1.82) is 0 Å². The average Bonchev–Trinajstić information content (AvgIpc) is 3.48. The standard InChI is InChI=1S/C21H23N5O2/c27-21(16-5-11-24-13-8-22-19(24)14-16)26-12-6-17(15-26)28-18-4-3-7-23-20(18)25-9-1-2-10-25/h3-5,7-8,11,13-14,17H,1-2,6,9-10,12,15H2/t17-/m0/s1. The number of rotatable bonds is 4. The second kappa shape index (κ2) is 7.14. The number of hydrogen-bond acceptors (Lipinski definition) is 5. The van der Waals surface area contributed by atoms with E-state index in [1.807, 2.05) is 52.2 Å². The molecule has 2 saturated heterocycles. The van der Waals surface area contributed by atoms with Crippen LogP contribution in [-0.4, -0.2) is 57.5 Å². The largest absolute Gasteiger partial charge is 0.485 e. The minimum atomic E-state index is -0.00957. The van der Waals surface area contributed by atoms with E-state index in [4.69, 9.17) is 4.74 Å². The Hall–Kier alpha value is -3.09. The average molecular weight is 377 g/mol. The summed E-state index contributed by atoms with van der Waals surface area (Å²) in [7, 11) is 0. The number of carbonyl (C=O) groups excluding carboxylic acids is 1. The predicted molar refractivity (Wildman–Crippen MR) is 106 cm³/mol. The van der Waals surface area contributed by atoms with Gasteiger partial charge in [-0.3, -0.25) is 4.79 Å². The van der Waals surface area contributed by atoms with Crippen molar-refractivity contribution in [2.24, 2.45) is 0 Å². The van der Waals surface area contributed by atoms with Crippen molar-refractivity contribution < 1.29 is 9.53 Å².